The van der Waals surface area contributed by atoms with E-state index in [2.05, 4.69) is 27.7 Å². The Morgan fingerprint density at radius 1 is 1.44 bits per heavy atom. The molecule has 0 aromatic heterocycles. The van der Waals surface area contributed by atoms with E-state index in [-0.39, 0.29) is 22.3 Å². The van der Waals surface area contributed by atoms with E-state index in [1.807, 2.05) is 0 Å². The number of rotatable bonds is 4. The van der Waals surface area contributed by atoms with Crippen LogP contribution in [0.5, 0.6) is 0 Å². The van der Waals surface area contributed by atoms with Crippen molar-refractivity contribution in [2.75, 3.05) is 0 Å². The highest BCUT2D eigenvalue weighted by atomic mass is 16.6. The molecule has 5 heteroatoms. The Morgan fingerprint density at radius 3 is 2.68 bits per heavy atom. The molecule has 0 bridgehead atoms. The highest BCUT2D eigenvalue weighted by Crippen LogP contribution is 2.64. The number of aliphatic hydroxyl groups excluding tert-OH is 2. The van der Waals surface area contributed by atoms with E-state index in [4.69, 9.17) is 4.74 Å². The molecule has 0 spiro atoms. The fourth-order valence-electron chi connectivity index (χ4n) is 5.43. The Balaban J connectivity index is 1.90. The van der Waals surface area contributed by atoms with E-state index in [0.29, 0.717) is 12.3 Å². The summed E-state index contributed by atoms with van der Waals surface area (Å²) in [6, 6.07) is 0. The van der Waals surface area contributed by atoms with Gasteiger partial charge in [0.05, 0.1) is 6.10 Å². The maximum atomic E-state index is 11.5. The summed E-state index contributed by atoms with van der Waals surface area (Å²) in [4.78, 5) is 22.9. The number of allylic oxidation sites excluding steroid dienone is 2. The standard InChI is InChI=1S/C20H28O5/c1-11-5-6-19(3)12(2)13(10-21)7-16(19)20(11,4)9-15(22)14-8-17(23)25-18(14)24/h8,10-11,15-16,18,22,24H,5-7,9H2,1-4H3/t11-,15+,16+,18?,19+,20+/m1/s1. The largest absolute Gasteiger partial charge is 0.429 e. The summed E-state index contributed by atoms with van der Waals surface area (Å²) < 4.78 is 4.71. The molecule has 1 saturated carbocycles. The maximum absolute atomic E-state index is 11.5. The molecular weight excluding hydrogens is 320 g/mol. The number of hydrogen-bond donors (Lipinski definition) is 2. The lowest BCUT2D eigenvalue weighted by atomic mass is 9.50. The van der Waals surface area contributed by atoms with Crippen LogP contribution >= 0.6 is 0 Å². The predicted octanol–water partition coefficient (Wildman–Crippen LogP) is 2.52. The van der Waals surface area contributed by atoms with Gasteiger partial charge in [0.2, 0.25) is 6.29 Å². The molecule has 2 N–H and O–H groups in total. The fraction of sp³-hybridized carbons (Fsp3) is 0.700. The molecule has 0 aromatic rings. The Hall–Kier alpha value is -1.46. The van der Waals surface area contributed by atoms with Crippen LogP contribution in [-0.2, 0) is 14.3 Å². The second-order valence-electron chi connectivity index (χ2n) is 8.54. The van der Waals surface area contributed by atoms with Gasteiger partial charge in [-0.1, -0.05) is 26.3 Å². The van der Waals surface area contributed by atoms with Crippen molar-refractivity contribution in [1.82, 2.24) is 0 Å². The molecule has 6 atom stereocenters. The molecule has 2 aliphatic carbocycles. The van der Waals surface area contributed by atoms with E-state index in [1.54, 1.807) is 0 Å². The number of esters is 1. The van der Waals surface area contributed by atoms with Gasteiger partial charge in [0, 0.05) is 11.6 Å². The van der Waals surface area contributed by atoms with Crippen LogP contribution in [0.25, 0.3) is 0 Å². The van der Waals surface area contributed by atoms with Crippen molar-refractivity contribution in [3.05, 3.63) is 22.8 Å². The molecule has 0 radical (unpaired) electrons. The number of ether oxygens (including phenoxy) is 1. The van der Waals surface area contributed by atoms with Gasteiger partial charge >= 0.3 is 5.97 Å². The van der Waals surface area contributed by atoms with E-state index in [1.165, 1.54) is 11.6 Å². The van der Waals surface area contributed by atoms with Gasteiger partial charge in [-0.05, 0) is 60.8 Å². The van der Waals surface area contributed by atoms with Crippen LogP contribution in [-0.4, -0.2) is 34.9 Å². The van der Waals surface area contributed by atoms with E-state index in [9.17, 15) is 19.8 Å². The number of carbonyl (C=O) groups excluding carboxylic acids is 2. The fourth-order valence-corrected chi connectivity index (χ4v) is 5.43. The number of cyclic esters (lactones) is 1. The molecule has 3 aliphatic rings. The lowest BCUT2D eigenvalue weighted by Gasteiger charge is -2.54. The first-order valence-electron chi connectivity index (χ1n) is 9.07. The molecule has 0 amide bonds. The summed E-state index contributed by atoms with van der Waals surface area (Å²) in [5, 5.41) is 20.6. The highest BCUT2D eigenvalue weighted by molar-refractivity contribution is 5.85. The minimum absolute atomic E-state index is 0.0355. The quantitative estimate of drug-likeness (QED) is 0.602. The van der Waals surface area contributed by atoms with Crippen LogP contribution in [0, 0.1) is 22.7 Å². The Kier molecular flexibility index (Phi) is 4.44. The average molecular weight is 348 g/mol. The highest BCUT2D eigenvalue weighted by Gasteiger charge is 2.56. The number of aliphatic hydroxyl groups is 2. The minimum Gasteiger partial charge on any atom is -0.429 e. The van der Waals surface area contributed by atoms with Crippen LogP contribution in [0.15, 0.2) is 22.8 Å². The van der Waals surface area contributed by atoms with Crippen molar-refractivity contribution in [3.63, 3.8) is 0 Å². The van der Waals surface area contributed by atoms with E-state index < -0.39 is 18.4 Å². The zero-order chi connectivity index (χ0) is 18.6. The van der Waals surface area contributed by atoms with Crippen LogP contribution in [0.3, 0.4) is 0 Å². The van der Waals surface area contributed by atoms with Crippen molar-refractivity contribution >= 4 is 12.3 Å². The van der Waals surface area contributed by atoms with Gasteiger partial charge in [-0.3, -0.25) is 4.79 Å². The molecule has 1 unspecified atom stereocenters. The number of hydrogen-bond acceptors (Lipinski definition) is 5. The summed E-state index contributed by atoms with van der Waals surface area (Å²) in [7, 11) is 0. The van der Waals surface area contributed by atoms with Gasteiger partial charge in [-0.2, -0.15) is 0 Å². The van der Waals surface area contributed by atoms with Gasteiger partial charge in [0.25, 0.3) is 0 Å². The SMILES string of the molecule is CC1=C(C=O)C[C@@H]2[C@@](C)(C[C@H](O)C3=CC(=O)OC3O)[C@H](C)CC[C@@]12C. The zero-order valence-corrected chi connectivity index (χ0v) is 15.4. The van der Waals surface area contributed by atoms with Gasteiger partial charge in [0.15, 0.2) is 0 Å². The summed E-state index contributed by atoms with van der Waals surface area (Å²) in [6.45, 7) is 8.67. The van der Waals surface area contributed by atoms with E-state index >= 15 is 0 Å². The number of aldehydes is 1. The summed E-state index contributed by atoms with van der Waals surface area (Å²) in [5.74, 6) is 0.0130. The van der Waals surface area contributed by atoms with Crippen LogP contribution < -0.4 is 0 Å². The smallest absolute Gasteiger partial charge is 0.333 e. The first kappa shape index (κ1) is 18.3. The van der Waals surface area contributed by atoms with Crippen LogP contribution in [0.2, 0.25) is 0 Å². The second kappa shape index (κ2) is 6.06. The molecule has 25 heavy (non-hydrogen) atoms. The third-order valence-electron chi connectivity index (χ3n) is 7.51. The van der Waals surface area contributed by atoms with Crippen molar-refractivity contribution in [2.24, 2.45) is 22.7 Å². The first-order valence-corrected chi connectivity index (χ1v) is 9.07. The third kappa shape index (κ3) is 2.68. The Morgan fingerprint density at radius 2 is 2.12 bits per heavy atom. The lowest BCUT2D eigenvalue weighted by Crippen LogP contribution is -2.48. The van der Waals surface area contributed by atoms with Crippen LogP contribution in [0.4, 0.5) is 0 Å². The Bertz CT molecular complexity index is 663. The van der Waals surface area contributed by atoms with Gasteiger partial charge in [-0.15, -0.1) is 0 Å². The Labute approximate surface area is 148 Å². The predicted molar refractivity (Wildman–Crippen MR) is 92.3 cm³/mol. The molecule has 1 heterocycles. The van der Waals surface area contributed by atoms with Gasteiger partial charge in [0.1, 0.15) is 6.29 Å². The maximum Gasteiger partial charge on any atom is 0.333 e. The molecule has 0 saturated heterocycles. The van der Waals surface area contributed by atoms with Crippen molar-refractivity contribution in [2.45, 2.75) is 65.8 Å². The molecule has 1 fully saturated rings. The lowest BCUT2D eigenvalue weighted by molar-refractivity contribution is -0.152. The number of carbonyl (C=O) groups is 2. The summed E-state index contributed by atoms with van der Waals surface area (Å²) >= 11 is 0. The monoisotopic (exact) mass is 348 g/mol. The normalized spacial score (nSPS) is 42.1. The van der Waals surface area contributed by atoms with E-state index in [0.717, 1.165) is 31.1 Å². The van der Waals surface area contributed by atoms with Gasteiger partial charge in [-0.25, -0.2) is 4.79 Å². The van der Waals surface area contributed by atoms with Crippen molar-refractivity contribution < 1.29 is 24.5 Å². The second-order valence-corrected chi connectivity index (χ2v) is 8.54. The third-order valence-corrected chi connectivity index (χ3v) is 7.51. The molecule has 0 aromatic carbocycles. The summed E-state index contributed by atoms with van der Waals surface area (Å²) in [5.41, 5.74) is 2.07. The van der Waals surface area contributed by atoms with Crippen molar-refractivity contribution in [3.8, 4) is 0 Å². The molecule has 1 aliphatic heterocycles. The molecular formula is C20H28O5. The zero-order valence-electron chi connectivity index (χ0n) is 15.4. The van der Waals surface area contributed by atoms with Gasteiger partial charge < -0.3 is 14.9 Å². The average Bonchev–Trinajstić information content (AvgIpc) is 3.02. The van der Waals surface area contributed by atoms with Crippen LogP contribution in [0.1, 0.15) is 53.4 Å². The molecule has 5 nitrogen and oxygen atoms in total. The first-order chi connectivity index (χ1) is 11.6. The minimum atomic E-state index is -1.36. The topological polar surface area (TPSA) is 83.8 Å². The number of fused-ring (bicyclic) bond motifs is 1. The summed E-state index contributed by atoms with van der Waals surface area (Å²) in [6.07, 6.45) is 3.12. The molecule has 138 valence electrons. The molecule has 3 rings (SSSR count). The van der Waals surface area contributed by atoms with Crippen molar-refractivity contribution in [1.29, 1.82) is 0 Å².